The van der Waals surface area contributed by atoms with Gasteiger partial charge in [0.15, 0.2) is 5.96 Å². The lowest BCUT2D eigenvalue weighted by Gasteiger charge is -2.05. The van der Waals surface area contributed by atoms with Crippen LogP contribution in [0, 0.1) is 0 Å². The Morgan fingerprint density at radius 2 is 1.77 bits per heavy atom. The first-order valence-electron chi connectivity index (χ1n) is 4.27. The molecule has 0 amide bonds. The van der Waals surface area contributed by atoms with E-state index in [9.17, 15) is 0 Å². The van der Waals surface area contributed by atoms with E-state index in [1.54, 1.807) is 0 Å². The molecule has 1 rings (SSSR count). The second-order valence-corrected chi connectivity index (χ2v) is 3.00. The Labute approximate surface area is 76.8 Å². The number of nitrogens with two attached hydrogens (primary N) is 3. The van der Waals surface area contributed by atoms with E-state index in [-0.39, 0.29) is 18.0 Å². The Bertz CT molecular complexity index is 215. The van der Waals surface area contributed by atoms with E-state index in [0.29, 0.717) is 0 Å². The lowest BCUT2D eigenvalue weighted by atomic mass is 10.3. The highest BCUT2D eigenvalue weighted by molar-refractivity contribution is 5.92. The lowest BCUT2D eigenvalue weighted by molar-refractivity contribution is 0.0639. The zero-order valence-corrected chi connectivity index (χ0v) is 7.44. The summed E-state index contributed by atoms with van der Waals surface area (Å²) in [5.74, 6) is -0.150. The maximum Gasteiger partial charge on any atom is 0.260 e. The van der Waals surface area contributed by atoms with Gasteiger partial charge in [-0.15, -0.1) is 0 Å². The van der Waals surface area contributed by atoms with E-state index < -0.39 is 0 Å². The van der Waals surface area contributed by atoms with Crippen molar-refractivity contribution in [1.29, 1.82) is 0 Å². The fourth-order valence-corrected chi connectivity index (χ4v) is 1.27. The number of oxime groups is 1. The summed E-state index contributed by atoms with van der Waals surface area (Å²) >= 11 is 0. The second kappa shape index (κ2) is 4.54. The van der Waals surface area contributed by atoms with Crippen molar-refractivity contribution in [2.75, 3.05) is 0 Å². The fourth-order valence-electron chi connectivity index (χ4n) is 1.27. The van der Waals surface area contributed by atoms with Crippen molar-refractivity contribution in [1.82, 2.24) is 0 Å². The van der Waals surface area contributed by atoms with E-state index in [1.807, 2.05) is 0 Å². The number of hydrogen-bond acceptors (Lipinski definition) is 2. The predicted molar refractivity (Wildman–Crippen MR) is 50.8 cm³/mol. The number of rotatable bonds is 2. The molecule has 0 radical (unpaired) electrons. The van der Waals surface area contributed by atoms with Crippen LogP contribution in [0.5, 0.6) is 0 Å². The molecule has 1 aliphatic rings. The first-order valence-corrected chi connectivity index (χ1v) is 4.27. The fraction of sp³-hybridized carbons (Fsp3) is 0.714. The minimum atomic E-state index is -0.115. The molecule has 0 spiro atoms. The molecule has 74 valence electrons. The molecule has 13 heavy (non-hydrogen) atoms. The van der Waals surface area contributed by atoms with E-state index in [4.69, 9.17) is 22.0 Å². The van der Waals surface area contributed by atoms with Gasteiger partial charge in [-0.25, -0.2) is 0 Å². The number of guanidine groups is 2. The highest BCUT2D eigenvalue weighted by Crippen LogP contribution is 2.20. The van der Waals surface area contributed by atoms with Gasteiger partial charge in [0.1, 0.15) is 6.10 Å². The molecule has 0 aromatic carbocycles. The molecule has 1 fully saturated rings. The van der Waals surface area contributed by atoms with E-state index in [1.165, 1.54) is 12.8 Å². The van der Waals surface area contributed by atoms with E-state index in [2.05, 4.69) is 10.1 Å². The van der Waals surface area contributed by atoms with Crippen LogP contribution in [-0.2, 0) is 4.84 Å². The molecule has 0 heterocycles. The Kier molecular flexibility index (Phi) is 3.36. The average Bonchev–Trinajstić information content (AvgIpc) is 2.51. The topological polar surface area (TPSA) is 112 Å². The SMILES string of the molecule is NC(N)=N/C(N)=N/OC1CCCC1. The van der Waals surface area contributed by atoms with Crippen LogP contribution in [0.25, 0.3) is 0 Å². The molecule has 6 nitrogen and oxygen atoms in total. The highest BCUT2D eigenvalue weighted by atomic mass is 16.6. The lowest BCUT2D eigenvalue weighted by Crippen LogP contribution is -2.26. The van der Waals surface area contributed by atoms with Gasteiger partial charge in [-0.05, 0) is 30.8 Å². The number of hydrogen-bond donors (Lipinski definition) is 3. The van der Waals surface area contributed by atoms with Crippen molar-refractivity contribution in [2.45, 2.75) is 31.8 Å². The van der Waals surface area contributed by atoms with Crippen LogP contribution >= 0.6 is 0 Å². The predicted octanol–water partition coefficient (Wildman–Crippen LogP) is -0.551. The molecular weight excluding hydrogens is 170 g/mol. The highest BCUT2D eigenvalue weighted by Gasteiger charge is 2.15. The zero-order chi connectivity index (χ0) is 9.68. The molecule has 6 N–H and O–H groups in total. The zero-order valence-electron chi connectivity index (χ0n) is 7.44. The van der Waals surface area contributed by atoms with Crippen LogP contribution in [0.4, 0.5) is 0 Å². The summed E-state index contributed by atoms with van der Waals surface area (Å²) in [4.78, 5) is 8.62. The average molecular weight is 185 g/mol. The van der Waals surface area contributed by atoms with Crippen LogP contribution in [0.15, 0.2) is 10.1 Å². The maximum atomic E-state index is 5.33. The van der Waals surface area contributed by atoms with Crippen LogP contribution in [0.1, 0.15) is 25.7 Å². The third-order valence-corrected chi connectivity index (χ3v) is 1.84. The summed E-state index contributed by atoms with van der Waals surface area (Å²) in [7, 11) is 0. The van der Waals surface area contributed by atoms with Crippen molar-refractivity contribution in [3.8, 4) is 0 Å². The summed E-state index contributed by atoms with van der Waals surface area (Å²) in [6.07, 6.45) is 4.59. The van der Waals surface area contributed by atoms with Gasteiger partial charge in [0, 0.05) is 0 Å². The molecule has 0 saturated heterocycles. The summed E-state index contributed by atoms with van der Waals surface area (Å²) < 4.78 is 0. The Balaban J connectivity index is 2.33. The molecule has 0 aliphatic heterocycles. The Morgan fingerprint density at radius 3 is 2.31 bits per heavy atom. The van der Waals surface area contributed by atoms with Crippen molar-refractivity contribution >= 4 is 11.9 Å². The van der Waals surface area contributed by atoms with Gasteiger partial charge in [-0.1, -0.05) is 0 Å². The summed E-state index contributed by atoms with van der Waals surface area (Å²) in [6.45, 7) is 0. The first kappa shape index (κ1) is 9.63. The first-order chi connectivity index (χ1) is 6.18. The van der Waals surface area contributed by atoms with Gasteiger partial charge in [0.2, 0.25) is 0 Å². The van der Waals surface area contributed by atoms with Crippen LogP contribution in [0.3, 0.4) is 0 Å². The quantitative estimate of drug-likeness (QED) is 0.304. The van der Waals surface area contributed by atoms with Gasteiger partial charge >= 0.3 is 0 Å². The van der Waals surface area contributed by atoms with E-state index in [0.717, 1.165) is 12.8 Å². The normalized spacial score (nSPS) is 18.6. The summed E-state index contributed by atoms with van der Waals surface area (Å²) in [5, 5.41) is 3.59. The van der Waals surface area contributed by atoms with Gasteiger partial charge < -0.3 is 22.0 Å². The molecule has 1 saturated carbocycles. The Hall–Kier alpha value is -1.46. The Morgan fingerprint density at radius 1 is 1.15 bits per heavy atom. The second-order valence-electron chi connectivity index (χ2n) is 3.00. The third kappa shape index (κ3) is 3.64. The number of nitrogens with zero attached hydrogens (tertiary/aromatic N) is 2. The molecule has 0 aromatic rings. The molecule has 1 aliphatic carbocycles. The molecule has 0 unspecified atom stereocenters. The van der Waals surface area contributed by atoms with E-state index >= 15 is 0 Å². The largest absolute Gasteiger partial charge is 0.389 e. The molecule has 0 atom stereocenters. The molecular formula is C7H15N5O. The minimum Gasteiger partial charge on any atom is -0.389 e. The van der Waals surface area contributed by atoms with Crippen LogP contribution < -0.4 is 17.2 Å². The maximum absolute atomic E-state index is 5.33. The monoisotopic (exact) mass is 185 g/mol. The van der Waals surface area contributed by atoms with Crippen LogP contribution in [-0.4, -0.2) is 18.0 Å². The standard InChI is InChI=1S/C7H15N5O/c8-6(9)11-7(10)12-13-5-3-1-2-4-5/h5H,1-4H2,(H6,8,9,10,11,12). The molecule has 0 bridgehead atoms. The molecule has 0 aromatic heterocycles. The third-order valence-electron chi connectivity index (χ3n) is 1.84. The van der Waals surface area contributed by atoms with Gasteiger partial charge in [-0.2, -0.15) is 4.99 Å². The summed E-state index contributed by atoms with van der Waals surface area (Å²) in [5.41, 5.74) is 15.5. The smallest absolute Gasteiger partial charge is 0.260 e. The van der Waals surface area contributed by atoms with Crippen molar-refractivity contribution < 1.29 is 4.84 Å². The minimum absolute atomic E-state index is 0.0353. The van der Waals surface area contributed by atoms with Gasteiger partial charge in [0.05, 0.1) is 0 Å². The van der Waals surface area contributed by atoms with Crippen molar-refractivity contribution in [2.24, 2.45) is 27.3 Å². The van der Waals surface area contributed by atoms with Crippen LogP contribution in [0.2, 0.25) is 0 Å². The summed E-state index contributed by atoms with van der Waals surface area (Å²) in [6, 6.07) is 0. The molecule has 6 heteroatoms. The van der Waals surface area contributed by atoms with Crippen molar-refractivity contribution in [3.05, 3.63) is 0 Å². The van der Waals surface area contributed by atoms with Gasteiger partial charge in [0.25, 0.3) is 5.96 Å². The van der Waals surface area contributed by atoms with Gasteiger partial charge in [-0.3, -0.25) is 0 Å². The number of aliphatic imine (C=N–C) groups is 1. The van der Waals surface area contributed by atoms with Crippen molar-refractivity contribution in [3.63, 3.8) is 0 Å².